The molecule has 1 atom stereocenters. The van der Waals surface area contributed by atoms with Crippen LogP contribution in [0.25, 0.3) is 0 Å². The lowest BCUT2D eigenvalue weighted by Crippen LogP contribution is -1.67. The molecule has 46 valence electrons. The van der Waals surface area contributed by atoms with Crippen molar-refractivity contribution in [2.75, 3.05) is 6.16 Å². The van der Waals surface area contributed by atoms with E-state index < -0.39 is 7.95 Å². The molecule has 8 heavy (non-hydrogen) atoms. The first-order valence-electron chi connectivity index (χ1n) is 2.42. The van der Waals surface area contributed by atoms with E-state index in [-0.39, 0.29) is 0 Å². The van der Waals surface area contributed by atoms with Gasteiger partial charge in [-0.3, -0.25) is 0 Å². The lowest BCUT2D eigenvalue weighted by atomic mass is 10.6. The maximum Gasteiger partial charge on any atom is 0.241 e. The molecule has 0 aromatic carbocycles. The van der Waals surface area contributed by atoms with Crippen molar-refractivity contribution in [3.63, 3.8) is 0 Å². The molecule has 0 aliphatic carbocycles. The van der Waals surface area contributed by atoms with E-state index in [2.05, 4.69) is 4.76 Å². The van der Waals surface area contributed by atoms with Crippen molar-refractivity contribution >= 4 is 14.0 Å². The highest BCUT2D eigenvalue weighted by Crippen LogP contribution is 2.20. The third-order valence-electron chi connectivity index (χ3n) is 0.634. The first-order valence-corrected chi connectivity index (χ1v) is 3.98. The monoisotopic (exact) mass is 133 g/mol. The van der Waals surface area contributed by atoms with Gasteiger partial charge in [0.2, 0.25) is 6.08 Å². The van der Waals surface area contributed by atoms with Crippen LogP contribution < -0.4 is 0 Å². The van der Waals surface area contributed by atoms with Gasteiger partial charge in [-0.15, -0.1) is 4.76 Å². The predicted molar refractivity (Wildman–Crippen MR) is 32.3 cm³/mol. The molecule has 0 bridgehead atoms. The zero-order chi connectivity index (χ0) is 6.41. The Kier molecular flexibility index (Phi) is 4.53. The molecule has 0 saturated heterocycles. The maximum absolute atomic E-state index is 10.4. The van der Waals surface area contributed by atoms with E-state index >= 15 is 0 Å². The summed E-state index contributed by atoms with van der Waals surface area (Å²) in [5.74, 6) is 0. The van der Waals surface area contributed by atoms with Crippen LogP contribution in [0.1, 0.15) is 13.3 Å². The van der Waals surface area contributed by atoms with Gasteiger partial charge in [-0.2, -0.15) is 0 Å². The fourth-order valence-corrected chi connectivity index (χ4v) is 0.962. The third-order valence-corrected chi connectivity index (χ3v) is 1.90. The molecular weight excluding hydrogens is 125 g/mol. The summed E-state index contributed by atoms with van der Waals surface area (Å²) in [6, 6.07) is 0. The van der Waals surface area contributed by atoms with Crippen molar-refractivity contribution in [3.05, 3.63) is 0 Å². The van der Waals surface area contributed by atoms with Crippen molar-refractivity contribution in [2.45, 2.75) is 13.3 Å². The third kappa shape index (κ3) is 3.79. The molecule has 0 saturated carbocycles. The Balaban J connectivity index is 3.49. The Bertz CT molecular complexity index is 128. The molecule has 0 rings (SSSR count). The van der Waals surface area contributed by atoms with Crippen molar-refractivity contribution in [1.29, 1.82) is 0 Å². The molecule has 0 N–H and O–H groups in total. The van der Waals surface area contributed by atoms with E-state index in [4.69, 9.17) is 0 Å². The van der Waals surface area contributed by atoms with Gasteiger partial charge in [0, 0.05) is 6.16 Å². The van der Waals surface area contributed by atoms with Crippen LogP contribution in [0.5, 0.6) is 0 Å². The normalized spacial score (nSPS) is 12.1. The molecule has 0 fully saturated rings. The molecule has 0 aliphatic rings. The van der Waals surface area contributed by atoms with Gasteiger partial charge in [-0.05, 0) is 6.42 Å². The van der Waals surface area contributed by atoms with E-state index in [1.54, 1.807) is 0 Å². The van der Waals surface area contributed by atoms with E-state index in [1.165, 1.54) is 6.08 Å². The van der Waals surface area contributed by atoms with Crippen LogP contribution in [0.4, 0.5) is 0 Å². The summed E-state index contributed by atoms with van der Waals surface area (Å²) in [5, 5.41) is 0. The zero-order valence-electron chi connectivity index (χ0n) is 4.68. The fourth-order valence-electron chi connectivity index (χ4n) is 0.321. The Morgan fingerprint density at radius 3 is 2.75 bits per heavy atom. The largest absolute Gasteiger partial charge is 0.301 e. The summed E-state index contributed by atoms with van der Waals surface area (Å²) in [7, 11) is -1.94. The lowest BCUT2D eigenvalue weighted by Gasteiger charge is -1.83. The van der Waals surface area contributed by atoms with Gasteiger partial charge < -0.3 is 4.57 Å². The Hall–Kier alpha value is -0.390. The SMILES string of the molecule is CCC[PH](=O)N=C=O. The second-order valence-corrected chi connectivity index (χ2v) is 2.86. The summed E-state index contributed by atoms with van der Waals surface area (Å²) in [5.41, 5.74) is 0. The summed E-state index contributed by atoms with van der Waals surface area (Å²) >= 11 is 0. The van der Waals surface area contributed by atoms with Crippen LogP contribution in [-0.2, 0) is 9.36 Å². The van der Waals surface area contributed by atoms with Crippen molar-refractivity contribution < 1.29 is 9.36 Å². The standard InChI is InChI=1S/C4H8NO2P/c1-2-3-8(7)5-4-6/h8H,2-3H2,1H3. The molecule has 0 spiro atoms. The van der Waals surface area contributed by atoms with Crippen LogP contribution in [0.2, 0.25) is 0 Å². The van der Waals surface area contributed by atoms with Gasteiger partial charge in [-0.1, -0.05) is 6.92 Å². The number of hydrogen-bond donors (Lipinski definition) is 0. The summed E-state index contributed by atoms with van der Waals surface area (Å²) in [6.07, 6.45) is 2.60. The van der Waals surface area contributed by atoms with Crippen LogP contribution >= 0.6 is 7.95 Å². The second kappa shape index (κ2) is 4.76. The first-order chi connectivity index (χ1) is 3.81. The summed E-state index contributed by atoms with van der Waals surface area (Å²) in [6.45, 7) is 1.89. The zero-order valence-corrected chi connectivity index (χ0v) is 5.68. The van der Waals surface area contributed by atoms with Gasteiger partial charge >= 0.3 is 0 Å². The van der Waals surface area contributed by atoms with Gasteiger partial charge in [0.1, 0.15) is 0 Å². The molecule has 0 heterocycles. The molecular formula is C4H8NO2P. The minimum atomic E-state index is -1.94. The van der Waals surface area contributed by atoms with E-state index in [1.807, 2.05) is 6.92 Å². The number of nitrogens with zero attached hydrogens (tertiary/aromatic N) is 1. The van der Waals surface area contributed by atoms with Gasteiger partial charge in [0.05, 0.1) is 0 Å². The Morgan fingerprint density at radius 1 is 1.75 bits per heavy atom. The fraction of sp³-hybridized carbons (Fsp3) is 0.750. The van der Waals surface area contributed by atoms with Crippen molar-refractivity contribution in [1.82, 2.24) is 0 Å². The smallest absolute Gasteiger partial charge is 0.241 e. The second-order valence-electron chi connectivity index (χ2n) is 1.35. The van der Waals surface area contributed by atoms with Gasteiger partial charge in [0.25, 0.3) is 0 Å². The molecule has 0 aromatic rings. The van der Waals surface area contributed by atoms with E-state index in [0.717, 1.165) is 6.42 Å². The van der Waals surface area contributed by atoms with E-state index in [0.29, 0.717) is 6.16 Å². The van der Waals surface area contributed by atoms with Crippen molar-refractivity contribution in [2.24, 2.45) is 4.76 Å². The lowest BCUT2D eigenvalue weighted by molar-refractivity contribution is 0.564. The Labute approximate surface area is 48.7 Å². The highest BCUT2D eigenvalue weighted by atomic mass is 31.1. The molecule has 0 amide bonds. The van der Waals surface area contributed by atoms with Crippen LogP contribution in [0, 0.1) is 0 Å². The molecule has 0 aromatic heterocycles. The number of isocyanates is 1. The highest BCUT2D eigenvalue weighted by Gasteiger charge is 1.89. The van der Waals surface area contributed by atoms with Crippen LogP contribution in [0.15, 0.2) is 4.76 Å². The Morgan fingerprint density at radius 2 is 2.38 bits per heavy atom. The number of carbonyl (C=O) groups excluding carboxylic acids is 1. The topological polar surface area (TPSA) is 46.5 Å². The van der Waals surface area contributed by atoms with Crippen molar-refractivity contribution in [3.8, 4) is 0 Å². The minimum absolute atomic E-state index is 0.528. The minimum Gasteiger partial charge on any atom is -0.301 e. The highest BCUT2D eigenvalue weighted by molar-refractivity contribution is 7.43. The average Bonchev–Trinajstić information content (AvgIpc) is 1.68. The van der Waals surface area contributed by atoms with Crippen LogP contribution in [-0.4, -0.2) is 12.2 Å². The maximum atomic E-state index is 10.4. The number of rotatable bonds is 3. The van der Waals surface area contributed by atoms with Gasteiger partial charge in [-0.25, -0.2) is 4.79 Å². The van der Waals surface area contributed by atoms with E-state index in [9.17, 15) is 9.36 Å². The predicted octanol–water partition coefficient (Wildman–Crippen LogP) is 1.21. The quantitative estimate of drug-likeness (QED) is 0.330. The molecule has 0 aliphatic heterocycles. The number of hydrogen-bond acceptors (Lipinski definition) is 2. The molecule has 0 radical (unpaired) electrons. The summed E-state index contributed by atoms with van der Waals surface area (Å²) in [4.78, 5) is 9.42. The molecule has 3 nitrogen and oxygen atoms in total. The molecule has 4 heteroatoms. The molecule has 1 unspecified atom stereocenters. The first kappa shape index (κ1) is 7.61. The van der Waals surface area contributed by atoms with Crippen LogP contribution in [0.3, 0.4) is 0 Å². The van der Waals surface area contributed by atoms with Gasteiger partial charge in [0.15, 0.2) is 7.95 Å². The average molecular weight is 133 g/mol. The summed E-state index contributed by atoms with van der Waals surface area (Å²) < 4.78 is 13.5.